The van der Waals surface area contributed by atoms with Crippen LogP contribution in [0.25, 0.3) is 5.57 Å². The number of nitrogens with zero attached hydrogens (tertiary/aromatic N) is 1. The van der Waals surface area contributed by atoms with E-state index in [4.69, 9.17) is 9.47 Å². The van der Waals surface area contributed by atoms with Gasteiger partial charge in [-0.2, -0.15) is 0 Å². The normalized spacial score (nSPS) is 13.9. The number of thioether (sulfide) groups is 1. The summed E-state index contributed by atoms with van der Waals surface area (Å²) in [6, 6.07) is 12.9. The van der Waals surface area contributed by atoms with Crippen molar-refractivity contribution in [1.29, 1.82) is 0 Å². The van der Waals surface area contributed by atoms with E-state index >= 15 is 0 Å². The smallest absolute Gasteiger partial charge is 0.268 e. The van der Waals surface area contributed by atoms with E-state index in [1.807, 2.05) is 26.0 Å². The summed E-state index contributed by atoms with van der Waals surface area (Å²) in [7, 11) is 1.57. The summed E-state index contributed by atoms with van der Waals surface area (Å²) < 4.78 is 11.0. The van der Waals surface area contributed by atoms with Gasteiger partial charge in [0.15, 0.2) is 0 Å². The second kappa shape index (κ2) is 9.82. The molecule has 0 fully saturated rings. The lowest BCUT2D eigenvalue weighted by Gasteiger charge is -2.16. The molecule has 1 aliphatic rings. The zero-order chi connectivity index (χ0) is 21.7. The molecule has 2 aromatic rings. The number of aryl methyl sites for hydroxylation is 2. The largest absolute Gasteiger partial charge is 0.497 e. The molecule has 0 bridgehead atoms. The van der Waals surface area contributed by atoms with Crippen molar-refractivity contribution in [2.75, 3.05) is 32.6 Å². The van der Waals surface area contributed by atoms with Crippen molar-refractivity contribution >= 4 is 29.1 Å². The number of carbonyl (C=O) groups is 2. The number of imide groups is 1. The summed E-state index contributed by atoms with van der Waals surface area (Å²) >= 11 is 1.19. The first-order chi connectivity index (χ1) is 14.4. The first-order valence-electron chi connectivity index (χ1n) is 9.64. The number of aliphatic hydroxyl groups excluding tert-OH is 1. The second-order valence-electron chi connectivity index (χ2n) is 6.94. The quantitative estimate of drug-likeness (QED) is 0.620. The SMILES string of the molecule is COc1ccc(C2=C(SCCO)C(=O)N(CCOc3cc(C)cc(C)c3)C2=O)cc1. The number of ether oxygens (including phenoxy) is 2. The number of hydrogen-bond acceptors (Lipinski definition) is 6. The Morgan fingerprint density at radius 3 is 2.23 bits per heavy atom. The average Bonchev–Trinajstić information content (AvgIpc) is 2.95. The Morgan fingerprint density at radius 2 is 1.63 bits per heavy atom. The van der Waals surface area contributed by atoms with Crippen LogP contribution in [0.4, 0.5) is 0 Å². The minimum Gasteiger partial charge on any atom is -0.497 e. The van der Waals surface area contributed by atoms with Crippen LogP contribution in [0.15, 0.2) is 47.4 Å². The van der Waals surface area contributed by atoms with Crippen LogP contribution in [-0.4, -0.2) is 54.4 Å². The van der Waals surface area contributed by atoms with Crippen LogP contribution in [-0.2, 0) is 9.59 Å². The van der Waals surface area contributed by atoms with Crippen LogP contribution in [0.5, 0.6) is 11.5 Å². The molecule has 0 saturated carbocycles. The van der Waals surface area contributed by atoms with E-state index in [2.05, 4.69) is 6.07 Å². The molecule has 0 radical (unpaired) electrons. The standard InChI is InChI=1S/C23H25NO5S/c1-15-12-16(2)14-19(13-15)29-10-8-24-22(26)20(21(23(24)27)30-11-9-25)17-4-6-18(28-3)7-5-17/h4-7,12-14,25H,8-11H2,1-3H3. The summed E-state index contributed by atoms with van der Waals surface area (Å²) in [6.45, 7) is 4.25. The van der Waals surface area contributed by atoms with E-state index in [1.54, 1.807) is 31.4 Å². The zero-order valence-electron chi connectivity index (χ0n) is 17.3. The summed E-state index contributed by atoms with van der Waals surface area (Å²) in [4.78, 5) is 27.6. The molecule has 2 amide bonds. The van der Waals surface area contributed by atoms with Crippen LogP contribution >= 0.6 is 11.8 Å². The van der Waals surface area contributed by atoms with Gasteiger partial charge in [-0.3, -0.25) is 14.5 Å². The maximum absolute atomic E-state index is 13.1. The zero-order valence-corrected chi connectivity index (χ0v) is 18.1. The topological polar surface area (TPSA) is 76.1 Å². The first-order valence-corrected chi connectivity index (χ1v) is 10.6. The lowest BCUT2D eigenvalue weighted by Crippen LogP contribution is -2.35. The van der Waals surface area contributed by atoms with Crippen molar-refractivity contribution in [3.05, 3.63) is 64.1 Å². The number of aliphatic hydroxyl groups is 1. The Labute approximate surface area is 180 Å². The van der Waals surface area contributed by atoms with Gasteiger partial charge in [-0.25, -0.2) is 0 Å². The van der Waals surface area contributed by atoms with Crippen molar-refractivity contribution in [3.8, 4) is 11.5 Å². The average molecular weight is 428 g/mol. The van der Waals surface area contributed by atoms with Gasteiger partial charge >= 0.3 is 0 Å². The van der Waals surface area contributed by atoms with Gasteiger partial charge in [0.05, 0.1) is 30.7 Å². The Balaban J connectivity index is 1.77. The van der Waals surface area contributed by atoms with Crippen molar-refractivity contribution in [2.45, 2.75) is 13.8 Å². The van der Waals surface area contributed by atoms with E-state index in [0.717, 1.165) is 11.1 Å². The molecule has 0 aromatic heterocycles. The molecule has 3 rings (SSSR count). The predicted molar refractivity (Wildman–Crippen MR) is 118 cm³/mol. The number of hydrogen-bond donors (Lipinski definition) is 1. The Kier molecular flexibility index (Phi) is 7.18. The van der Waals surface area contributed by atoms with E-state index in [0.29, 0.717) is 33.3 Å². The van der Waals surface area contributed by atoms with Gasteiger partial charge in [0.1, 0.15) is 18.1 Å². The molecule has 0 atom stereocenters. The van der Waals surface area contributed by atoms with Gasteiger partial charge < -0.3 is 14.6 Å². The third kappa shape index (κ3) is 4.86. The van der Waals surface area contributed by atoms with Crippen molar-refractivity contribution < 1.29 is 24.2 Å². The molecule has 6 nitrogen and oxygen atoms in total. The Hall–Kier alpha value is -2.77. The van der Waals surface area contributed by atoms with Crippen LogP contribution in [0, 0.1) is 13.8 Å². The van der Waals surface area contributed by atoms with Crippen molar-refractivity contribution in [3.63, 3.8) is 0 Å². The maximum Gasteiger partial charge on any atom is 0.268 e. The van der Waals surface area contributed by atoms with Gasteiger partial charge in [-0.05, 0) is 54.8 Å². The summed E-state index contributed by atoms with van der Waals surface area (Å²) in [5, 5.41) is 9.19. The lowest BCUT2D eigenvalue weighted by molar-refractivity contribution is -0.136. The maximum atomic E-state index is 13.1. The van der Waals surface area contributed by atoms with Crippen LogP contribution in [0.2, 0.25) is 0 Å². The molecule has 0 unspecified atom stereocenters. The Morgan fingerprint density at radius 1 is 0.967 bits per heavy atom. The molecule has 1 N–H and O–H groups in total. The van der Waals surface area contributed by atoms with Gasteiger partial charge in [0, 0.05) is 5.75 Å². The third-order valence-corrected chi connectivity index (χ3v) is 5.67. The minimum atomic E-state index is -0.353. The minimum absolute atomic E-state index is 0.0820. The molecule has 0 spiro atoms. The number of rotatable bonds is 9. The summed E-state index contributed by atoms with van der Waals surface area (Å²) in [5.74, 6) is 1.01. The molecule has 2 aromatic carbocycles. The van der Waals surface area contributed by atoms with Gasteiger partial charge in [0.25, 0.3) is 11.8 Å². The number of amides is 2. The molecule has 158 valence electrons. The van der Waals surface area contributed by atoms with Gasteiger partial charge in [0.2, 0.25) is 0 Å². The lowest BCUT2D eigenvalue weighted by atomic mass is 10.1. The van der Waals surface area contributed by atoms with Crippen LogP contribution in [0.1, 0.15) is 16.7 Å². The molecule has 30 heavy (non-hydrogen) atoms. The fourth-order valence-corrected chi connectivity index (χ4v) is 4.20. The summed E-state index contributed by atoms with van der Waals surface area (Å²) in [6.07, 6.45) is 0. The molecular weight excluding hydrogens is 402 g/mol. The third-order valence-electron chi connectivity index (χ3n) is 4.62. The highest BCUT2D eigenvalue weighted by Gasteiger charge is 2.38. The van der Waals surface area contributed by atoms with E-state index in [-0.39, 0.29) is 31.6 Å². The van der Waals surface area contributed by atoms with E-state index in [1.165, 1.54) is 16.7 Å². The van der Waals surface area contributed by atoms with E-state index in [9.17, 15) is 14.7 Å². The molecule has 1 heterocycles. The number of methoxy groups -OCH3 is 1. The summed E-state index contributed by atoms with van der Waals surface area (Å²) in [5.41, 5.74) is 3.17. The van der Waals surface area contributed by atoms with Crippen LogP contribution < -0.4 is 9.47 Å². The number of benzene rings is 2. The molecule has 7 heteroatoms. The Bertz CT molecular complexity index is 948. The predicted octanol–water partition coefficient (Wildman–Crippen LogP) is 3.20. The molecule has 0 saturated heterocycles. The first kappa shape index (κ1) is 21.9. The monoisotopic (exact) mass is 427 g/mol. The van der Waals surface area contributed by atoms with E-state index < -0.39 is 0 Å². The fourth-order valence-electron chi connectivity index (χ4n) is 3.32. The highest BCUT2D eigenvalue weighted by Crippen LogP contribution is 2.36. The van der Waals surface area contributed by atoms with Crippen molar-refractivity contribution in [2.24, 2.45) is 0 Å². The van der Waals surface area contributed by atoms with Gasteiger partial charge in [-0.1, -0.05) is 18.2 Å². The highest BCUT2D eigenvalue weighted by atomic mass is 32.2. The molecular formula is C23H25NO5S. The highest BCUT2D eigenvalue weighted by molar-refractivity contribution is 8.04. The molecule has 0 aliphatic carbocycles. The second-order valence-corrected chi connectivity index (χ2v) is 8.04. The van der Waals surface area contributed by atoms with Gasteiger partial charge in [-0.15, -0.1) is 11.8 Å². The van der Waals surface area contributed by atoms with Crippen LogP contribution in [0.3, 0.4) is 0 Å². The van der Waals surface area contributed by atoms with Crippen molar-refractivity contribution in [1.82, 2.24) is 4.90 Å². The fraction of sp³-hybridized carbons (Fsp3) is 0.304. The molecule has 1 aliphatic heterocycles. The number of carbonyl (C=O) groups excluding carboxylic acids is 2.